The normalized spacial score (nSPS) is 11.5. The maximum absolute atomic E-state index is 12.3. The number of rotatable bonds is 3. The van der Waals surface area contributed by atoms with Gasteiger partial charge in [-0.15, -0.1) is 0 Å². The fraction of sp³-hybridized carbons (Fsp3) is 0.182. The number of hydrogen-bond donors (Lipinski definition) is 0. The van der Waals surface area contributed by atoms with Gasteiger partial charge in [-0.05, 0) is 12.1 Å². The van der Waals surface area contributed by atoms with E-state index in [1.807, 2.05) is 0 Å². The first-order chi connectivity index (χ1) is 8.50. The van der Waals surface area contributed by atoms with Crippen molar-refractivity contribution in [3.05, 3.63) is 35.7 Å². The zero-order valence-corrected chi connectivity index (χ0v) is 8.94. The SMILES string of the molecule is O=CCc1nc(-c2ccc(C(F)(F)F)cc2)no1. The van der Waals surface area contributed by atoms with E-state index < -0.39 is 11.7 Å². The molecule has 0 N–H and O–H groups in total. The van der Waals surface area contributed by atoms with Crippen LogP contribution in [0.15, 0.2) is 28.8 Å². The lowest BCUT2D eigenvalue weighted by molar-refractivity contribution is -0.137. The quantitative estimate of drug-likeness (QED) is 0.792. The summed E-state index contributed by atoms with van der Waals surface area (Å²) in [6.45, 7) is 0. The fourth-order valence-electron chi connectivity index (χ4n) is 1.33. The molecule has 0 aliphatic rings. The van der Waals surface area contributed by atoms with Crippen molar-refractivity contribution in [1.82, 2.24) is 10.1 Å². The Morgan fingerprint density at radius 1 is 1.22 bits per heavy atom. The Balaban J connectivity index is 2.25. The van der Waals surface area contributed by atoms with Crippen LogP contribution in [0.2, 0.25) is 0 Å². The van der Waals surface area contributed by atoms with E-state index in [4.69, 9.17) is 4.52 Å². The highest BCUT2D eigenvalue weighted by molar-refractivity contribution is 5.56. The molecule has 7 heteroatoms. The maximum atomic E-state index is 12.3. The van der Waals surface area contributed by atoms with Gasteiger partial charge in [-0.3, -0.25) is 0 Å². The molecule has 94 valence electrons. The molecule has 2 rings (SSSR count). The third kappa shape index (κ3) is 2.55. The molecule has 0 saturated carbocycles. The summed E-state index contributed by atoms with van der Waals surface area (Å²) in [5.74, 6) is 0.278. The van der Waals surface area contributed by atoms with Crippen molar-refractivity contribution < 1.29 is 22.5 Å². The summed E-state index contributed by atoms with van der Waals surface area (Å²) in [6.07, 6.45) is -3.80. The molecule has 0 amide bonds. The van der Waals surface area contributed by atoms with Crippen LogP contribution in [0.1, 0.15) is 11.5 Å². The lowest BCUT2D eigenvalue weighted by Crippen LogP contribution is -2.04. The van der Waals surface area contributed by atoms with E-state index in [1.165, 1.54) is 12.1 Å². The molecule has 0 aliphatic heterocycles. The number of nitrogens with zero attached hydrogens (tertiary/aromatic N) is 2. The van der Waals surface area contributed by atoms with E-state index in [-0.39, 0.29) is 18.1 Å². The highest BCUT2D eigenvalue weighted by atomic mass is 19.4. The number of aldehydes is 1. The monoisotopic (exact) mass is 256 g/mol. The predicted octanol–water partition coefficient (Wildman–Crippen LogP) is 2.50. The fourth-order valence-corrected chi connectivity index (χ4v) is 1.33. The Morgan fingerprint density at radius 2 is 1.89 bits per heavy atom. The minimum atomic E-state index is -4.38. The number of alkyl halides is 3. The minimum Gasteiger partial charge on any atom is -0.339 e. The van der Waals surface area contributed by atoms with Crippen molar-refractivity contribution in [2.75, 3.05) is 0 Å². The Bertz CT molecular complexity index is 546. The van der Waals surface area contributed by atoms with Crippen molar-refractivity contribution >= 4 is 6.29 Å². The van der Waals surface area contributed by atoms with Gasteiger partial charge in [-0.1, -0.05) is 17.3 Å². The molecule has 0 saturated heterocycles. The van der Waals surface area contributed by atoms with Gasteiger partial charge in [-0.25, -0.2) is 0 Å². The lowest BCUT2D eigenvalue weighted by atomic mass is 10.1. The first-order valence-electron chi connectivity index (χ1n) is 4.94. The molecule has 4 nitrogen and oxygen atoms in total. The summed E-state index contributed by atoms with van der Waals surface area (Å²) < 4.78 is 41.8. The number of carbonyl (C=O) groups is 1. The number of benzene rings is 1. The van der Waals surface area contributed by atoms with Crippen LogP contribution < -0.4 is 0 Å². The molecule has 0 spiro atoms. The molecule has 2 aromatic rings. The zero-order chi connectivity index (χ0) is 13.2. The second-order valence-electron chi connectivity index (χ2n) is 3.46. The standard InChI is InChI=1S/C11H7F3N2O2/c12-11(13,14)8-3-1-7(2-4-8)10-15-9(5-6-17)18-16-10/h1-4,6H,5H2. The van der Waals surface area contributed by atoms with Gasteiger partial charge in [0.1, 0.15) is 6.29 Å². The highest BCUT2D eigenvalue weighted by Crippen LogP contribution is 2.30. The van der Waals surface area contributed by atoms with Crippen LogP contribution in [0.25, 0.3) is 11.4 Å². The van der Waals surface area contributed by atoms with E-state index in [0.717, 1.165) is 12.1 Å². The average Bonchev–Trinajstić information content (AvgIpc) is 2.77. The van der Waals surface area contributed by atoms with Gasteiger partial charge in [-0.2, -0.15) is 18.2 Å². The first kappa shape index (κ1) is 12.3. The summed E-state index contributed by atoms with van der Waals surface area (Å²) in [5, 5.41) is 3.57. The first-order valence-corrected chi connectivity index (χ1v) is 4.94. The van der Waals surface area contributed by atoms with Crippen LogP contribution in [0.4, 0.5) is 13.2 Å². The molecule has 0 bridgehead atoms. The third-order valence-electron chi connectivity index (χ3n) is 2.20. The van der Waals surface area contributed by atoms with Crippen molar-refractivity contribution in [2.45, 2.75) is 12.6 Å². The van der Waals surface area contributed by atoms with Crippen molar-refractivity contribution in [2.24, 2.45) is 0 Å². The molecule has 0 unspecified atom stereocenters. The number of halogens is 3. The molecular formula is C11H7F3N2O2. The van der Waals surface area contributed by atoms with Crippen LogP contribution in [-0.2, 0) is 17.4 Å². The van der Waals surface area contributed by atoms with Crippen LogP contribution >= 0.6 is 0 Å². The largest absolute Gasteiger partial charge is 0.416 e. The van der Waals surface area contributed by atoms with Crippen LogP contribution in [0.3, 0.4) is 0 Å². The Morgan fingerprint density at radius 3 is 2.44 bits per heavy atom. The van der Waals surface area contributed by atoms with Gasteiger partial charge in [0.05, 0.1) is 12.0 Å². The summed E-state index contributed by atoms with van der Waals surface area (Å²) in [7, 11) is 0. The van der Waals surface area contributed by atoms with E-state index >= 15 is 0 Å². The molecule has 0 radical (unpaired) electrons. The molecule has 18 heavy (non-hydrogen) atoms. The molecule has 0 fully saturated rings. The molecule has 0 atom stereocenters. The van der Waals surface area contributed by atoms with Crippen LogP contribution in [0, 0.1) is 0 Å². The van der Waals surface area contributed by atoms with Gasteiger partial charge < -0.3 is 9.32 Å². The van der Waals surface area contributed by atoms with Gasteiger partial charge in [0.2, 0.25) is 11.7 Å². The van der Waals surface area contributed by atoms with E-state index in [9.17, 15) is 18.0 Å². The number of aromatic nitrogens is 2. The minimum absolute atomic E-state index is 0.0202. The smallest absolute Gasteiger partial charge is 0.339 e. The van der Waals surface area contributed by atoms with Crippen LogP contribution in [-0.4, -0.2) is 16.4 Å². The summed E-state index contributed by atoms with van der Waals surface area (Å²) in [5.41, 5.74) is -0.355. The molecule has 0 aliphatic carbocycles. The van der Waals surface area contributed by atoms with E-state index in [1.54, 1.807) is 0 Å². The average molecular weight is 256 g/mol. The van der Waals surface area contributed by atoms with Gasteiger partial charge in [0.15, 0.2) is 0 Å². The number of hydrogen-bond acceptors (Lipinski definition) is 4. The second-order valence-corrected chi connectivity index (χ2v) is 3.46. The van der Waals surface area contributed by atoms with Crippen LogP contribution in [0.5, 0.6) is 0 Å². The Labute approximate surface area is 99.4 Å². The van der Waals surface area contributed by atoms with E-state index in [0.29, 0.717) is 11.8 Å². The zero-order valence-electron chi connectivity index (χ0n) is 8.94. The summed E-state index contributed by atoms with van der Waals surface area (Å²) in [4.78, 5) is 14.1. The molecule has 1 aromatic heterocycles. The van der Waals surface area contributed by atoms with Gasteiger partial charge >= 0.3 is 6.18 Å². The molecule has 1 heterocycles. The molecular weight excluding hydrogens is 249 g/mol. The van der Waals surface area contributed by atoms with Gasteiger partial charge in [0, 0.05) is 5.56 Å². The summed E-state index contributed by atoms with van der Waals surface area (Å²) in [6, 6.07) is 4.37. The highest BCUT2D eigenvalue weighted by Gasteiger charge is 2.30. The maximum Gasteiger partial charge on any atom is 0.416 e. The Hall–Kier alpha value is -2.18. The van der Waals surface area contributed by atoms with Crippen molar-refractivity contribution in [3.8, 4) is 11.4 Å². The summed E-state index contributed by atoms with van der Waals surface area (Å²) >= 11 is 0. The van der Waals surface area contributed by atoms with E-state index in [2.05, 4.69) is 10.1 Å². The Kier molecular flexibility index (Phi) is 3.14. The lowest BCUT2D eigenvalue weighted by Gasteiger charge is -2.05. The molecule has 1 aromatic carbocycles. The second kappa shape index (κ2) is 4.59. The number of carbonyl (C=O) groups excluding carboxylic acids is 1. The predicted molar refractivity (Wildman–Crippen MR) is 54.5 cm³/mol. The van der Waals surface area contributed by atoms with Crippen molar-refractivity contribution in [3.63, 3.8) is 0 Å². The van der Waals surface area contributed by atoms with Crippen molar-refractivity contribution in [1.29, 1.82) is 0 Å². The van der Waals surface area contributed by atoms with Gasteiger partial charge in [0.25, 0.3) is 0 Å². The third-order valence-corrected chi connectivity index (χ3v) is 2.20. The topological polar surface area (TPSA) is 56.0 Å².